The molecule has 0 aromatic heterocycles. The van der Waals surface area contributed by atoms with Gasteiger partial charge in [-0.1, -0.05) is 27.7 Å². The number of rotatable bonds is 7. The van der Waals surface area contributed by atoms with Crippen LogP contribution in [0.15, 0.2) is 0 Å². The van der Waals surface area contributed by atoms with Gasteiger partial charge in [0.05, 0.1) is 0 Å². The molecule has 1 saturated heterocycles. The van der Waals surface area contributed by atoms with Gasteiger partial charge in [-0.05, 0) is 38.0 Å². The Morgan fingerprint density at radius 3 is 2.10 bits per heavy atom. The van der Waals surface area contributed by atoms with Crippen LogP contribution in [0, 0.1) is 11.8 Å². The van der Waals surface area contributed by atoms with Crippen LogP contribution in [0.1, 0.15) is 59.8 Å². The number of nitrogens with one attached hydrogen (secondary N) is 1. The second kappa shape index (κ2) is 8.28. The van der Waals surface area contributed by atoms with Gasteiger partial charge in [0.15, 0.2) is 0 Å². The van der Waals surface area contributed by atoms with E-state index in [2.05, 4.69) is 19.2 Å². The summed E-state index contributed by atoms with van der Waals surface area (Å²) in [5.41, 5.74) is 0. The zero-order valence-corrected chi connectivity index (χ0v) is 13.4. The Morgan fingerprint density at radius 1 is 1.10 bits per heavy atom. The summed E-state index contributed by atoms with van der Waals surface area (Å²) in [5.74, 6) is 0.563. The molecule has 0 unspecified atom stereocenters. The summed E-state index contributed by atoms with van der Waals surface area (Å²) in [6.07, 6.45) is 4.55. The molecule has 1 heterocycles. The van der Waals surface area contributed by atoms with Crippen molar-refractivity contribution in [1.82, 2.24) is 10.2 Å². The van der Waals surface area contributed by atoms with Gasteiger partial charge in [0.2, 0.25) is 11.8 Å². The number of hydrogen-bond donors (Lipinski definition) is 1. The Labute approximate surface area is 123 Å². The molecule has 2 amide bonds. The quantitative estimate of drug-likeness (QED) is 0.780. The van der Waals surface area contributed by atoms with E-state index < -0.39 is 0 Å². The van der Waals surface area contributed by atoms with Gasteiger partial charge in [0.1, 0.15) is 6.04 Å². The monoisotopic (exact) mass is 282 g/mol. The van der Waals surface area contributed by atoms with Crippen LogP contribution in [0.5, 0.6) is 0 Å². The molecule has 1 aliphatic rings. The van der Waals surface area contributed by atoms with Crippen LogP contribution in [0.3, 0.4) is 0 Å². The zero-order chi connectivity index (χ0) is 15.1. The molecule has 116 valence electrons. The van der Waals surface area contributed by atoms with Crippen molar-refractivity contribution in [1.29, 1.82) is 0 Å². The Hall–Kier alpha value is -1.06. The van der Waals surface area contributed by atoms with E-state index in [1.54, 1.807) is 0 Å². The fraction of sp³-hybridized carbons (Fsp3) is 0.875. The molecular formula is C16H30N2O2. The van der Waals surface area contributed by atoms with E-state index in [9.17, 15) is 9.59 Å². The summed E-state index contributed by atoms with van der Waals surface area (Å²) in [5, 5.41) is 3.00. The first kappa shape index (κ1) is 17.0. The first-order valence-electron chi connectivity index (χ1n) is 8.08. The van der Waals surface area contributed by atoms with Gasteiger partial charge >= 0.3 is 0 Å². The molecule has 0 aromatic carbocycles. The first-order chi connectivity index (χ1) is 9.49. The lowest BCUT2D eigenvalue weighted by atomic mass is 9.99. The number of carbonyl (C=O) groups is 2. The van der Waals surface area contributed by atoms with E-state index in [4.69, 9.17) is 0 Å². The number of carbonyl (C=O) groups excluding carboxylic acids is 2. The molecule has 20 heavy (non-hydrogen) atoms. The molecule has 0 spiro atoms. The molecule has 1 rings (SSSR count). The minimum atomic E-state index is -0.346. The fourth-order valence-electron chi connectivity index (χ4n) is 2.80. The molecule has 1 N–H and O–H groups in total. The summed E-state index contributed by atoms with van der Waals surface area (Å²) < 4.78 is 0. The standard InChI is InChI=1S/C16H30N2O2/c1-5-13(6-2)15(19)17-14(11-12(3)4)16(20)18-9-7-8-10-18/h12-14H,5-11H2,1-4H3,(H,17,19)/t14-/m0/s1. The SMILES string of the molecule is CCC(CC)C(=O)N[C@@H](CC(C)C)C(=O)N1CCCC1. The Morgan fingerprint density at radius 2 is 1.65 bits per heavy atom. The molecule has 0 aliphatic carbocycles. The molecule has 4 nitrogen and oxygen atoms in total. The van der Waals surface area contributed by atoms with Crippen LogP contribution < -0.4 is 5.32 Å². The van der Waals surface area contributed by atoms with Crippen molar-refractivity contribution in [2.45, 2.75) is 65.8 Å². The highest BCUT2D eigenvalue weighted by molar-refractivity contribution is 5.88. The van der Waals surface area contributed by atoms with Gasteiger partial charge in [0.25, 0.3) is 0 Å². The van der Waals surface area contributed by atoms with Crippen molar-refractivity contribution in [3.63, 3.8) is 0 Å². The van der Waals surface area contributed by atoms with Crippen molar-refractivity contribution >= 4 is 11.8 Å². The van der Waals surface area contributed by atoms with Crippen LogP contribution in [0.25, 0.3) is 0 Å². The molecule has 0 radical (unpaired) electrons. The predicted molar refractivity (Wildman–Crippen MR) is 81.3 cm³/mol. The maximum atomic E-state index is 12.5. The van der Waals surface area contributed by atoms with Crippen LogP contribution >= 0.6 is 0 Å². The highest BCUT2D eigenvalue weighted by Gasteiger charge is 2.29. The molecule has 1 aliphatic heterocycles. The number of hydrogen-bond acceptors (Lipinski definition) is 2. The third kappa shape index (κ3) is 4.80. The summed E-state index contributed by atoms with van der Waals surface area (Å²) in [7, 11) is 0. The average molecular weight is 282 g/mol. The number of likely N-dealkylation sites (tertiary alicyclic amines) is 1. The lowest BCUT2D eigenvalue weighted by molar-refractivity contribution is -0.137. The summed E-state index contributed by atoms with van der Waals surface area (Å²) in [4.78, 5) is 26.7. The van der Waals surface area contributed by atoms with E-state index >= 15 is 0 Å². The normalized spacial score (nSPS) is 16.8. The topological polar surface area (TPSA) is 49.4 Å². The van der Waals surface area contributed by atoms with Gasteiger partial charge in [-0.15, -0.1) is 0 Å². The largest absolute Gasteiger partial charge is 0.344 e. The highest BCUT2D eigenvalue weighted by Crippen LogP contribution is 2.15. The number of nitrogens with zero attached hydrogens (tertiary/aromatic N) is 1. The van der Waals surface area contributed by atoms with Gasteiger partial charge < -0.3 is 10.2 Å². The smallest absolute Gasteiger partial charge is 0.245 e. The second-order valence-corrected chi connectivity index (χ2v) is 6.24. The minimum absolute atomic E-state index is 0.0241. The van der Waals surface area contributed by atoms with E-state index in [0.29, 0.717) is 5.92 Å². The van der Waals surface area contributed by atoms with Crippen LogP contribution in [-0.2, 0) is 9.59 Å². The first-order valence-corrected chi connectivity index (χ1v) is 8.08. The van der Waals surface area contributed by atoms with Crippen LogP contribution in [-0.4, -0.2) is 35.8 Å². The molecular weight excluding hydrogens is 252 g/mol. The molecule has 0 bridgehead atoms. The third-order valence-electron chi connectivity index (χ3n) is 4.10. The van der Waals surface area contributed by atoms with Gasteiger partial charge in [-0.2, -0.15) is 0 Å². The predicted octanol–water partition coefficient (Wildman–Crippen LogP) is 2.58. The maximum absolute atomic E-state index is 12.5. The average Bonchev–Trinajstić information content (AvgIpc) is 2.91. The van der Waals surface area contributed by atoms with Crippen molar-refractivity contribution in [2.24, 2.45) is 11.8 Å². The number of amides is 2. The van der Waals surface area contributed by atoms with Crippen molar-refractivity contribution < 1.29 is 9.59 Å². The summed E-state index contributed by atoms with van der Waals surface area (Å²) in [6.45, 7) is 9.91. The van der Waals surface area contributed by atoms with Crippen molar-refractivity contribution in [2.75, 3.05) is 13.1 Å². The fourth-order valence-corrected chi connectivity index (χ4v) is 2.80. The molecule has 4 heteroatoms. The molecule has 1 atom stereocenters. The molecule has 1 fully saturated rings. The summed E-state index contributed by atoms with van der Waals surface area (Å²) >= 11 is 0. The lowest BCUT2D eigenvalue weighted by Crippen LogP contribution is -2.49. The second-order valence-electron chi connectivity index (χ2n) is 6.24. The molecule has 0 saturated carbocycles. The van der Waals surface area contributed by atoms with E-state index in [-0.39, 0.29) is 23.8 Å². The van der Waals surface area contributed by atoms with Gasteiger partial charge in [-0.25, -0.2) is 0 Å². The van der Waals surface area contributed by atoms with Crippen LogP contribution in [0.2, 0.25) is 0 Å². The minimum Gasteiger partial charge on any atom is -0.344 e. The van der Waals surface area contributed by atoms with E-state index in [1.807, 2.05) is 18.7 Å². The van der Waals surface area contributed by atoms with Crippen molar-refractivity contribution in [3.05, 3.63) is 0 Å². The third-order valence-corrected chi connectivity index (χ3v) is 4.10. The molecule has 0 aromatic rings. The van der Waals surface area contributed by atoms with E-state index in [0.717, 1.165) is 45.2 Å². The highest BCUT2D eigenvalue weighted by atomic mass is 16.2. The van der Waals surface area contributed by atoms with E-state index in [1.165, 1.54) is 0 Å². The zero-order valence-electron chi connectivity index (χ0n) is 13.4. The Balaban J connectivity index is 2.67. The maximum Gasteiger partial charge on any atom is 0.245 e. The lowest BCUT2D eigenvalue weighted by Gasteiger charge is -2.26. The Kier molecular flexibility index (Phi) is 7.03. The van der Waals surface area contributed by atoms with Gasteiger partial charge in [-0.3, -0.25) is 9.59 Å². The van der Waals surface area contributed by atoms with Crippen LogP contribution in [0.4, 0.5) is 0 Å². The summed E-state index contributed by atoms with van der Waals surface area (Å²) in [6, 6.07) is -0.346. The Bertz CT molecular complexity index is 318. The van der Waals surface area contributed by atoms with Crippen molar-refractivity contribution in [3.8, 4) is 0 Å². The van der Waals surface area contributed by atoms with Gasteiger partial charge in [0, 0.05) is 19.0 Å².